The van der Waals surface area contributed by atoms with Crippen LogP contribution in [-0.4, -0.2) is 6.26 Å². The first kappa shape index (κ1) is 10.3. The molecule has 15 heavy (non-hydrogen) atoms. The number of thioether (sulfide) groups is 1. The number of hydrogen-bond donors (Lipinski definition) is 0. The summed E-state index contributed by atoms with van der Waals surface area (Å²) in [6.45, 7) is 0. The van der Waals surface area contributed by atoms with Crippen molar-refractivity contribution in [3.8, 4) is 11.1 Å². The summed E-state index contributed by atoms with van der Waals surface area (Å²) in [5, 5.41) is 0. The molecule has 0 bridgehead atoms. The van der Waals surface area contributed by atoms with Crippen LogP contribution in [0.4, 0.5) is 0 Å². The van der Waals surface area contributed by atoms with Crippen molar-refractivity contribution in [2.75, 3.05) is 6.26 Å². The molecule has 0 amide bonds. The van der Waals surface area contributed by atoms with Crippen LogP contribution in [0.5, 0.6) is 0 Å². The van der Waals surface area contributed by atoms with Crippen molar-refractivity contribution >= 4 is 11.8 Å². The molecule has 0 saturated carbocycles. The SMILES string of the molecule is CSCc1ccccc1-c1ccccc1. The summed E-state index contributed by atoms with van der Waals surface area (Å²) < 4.78 is 0. The average molecular weight is 214 g/mol. The Kier molecular flexibility index (Phi) is 3.46. The van der Waals surface area contributed by atoms with Crippen molar-refractivity contribution in [2.45, 2.75) is 5.75 Å². The third kappa shape index (κ3) is 2.42. The summed E-state index contributed by atoms with van der Waals surface area (Å²) in [5.41, 5.74) is 4.07. The van der Waals surface area contributed by atoms with E-state index in [1.165, 1.54) is 16.7 Å². The van der Waals surface area contributed by atoms with E-state index in [9.17, 15) is 0 Å². The fourth-order valence-corrected chi connectivity index (χ4v) is 2.26. The first-order valence-corrected chi connectivity index (χ1v) is 6.43. The Morgan fingerprint density at radius 3 is 2.27 bits per heavy atom. The van der Waals surface area contributed by atoms with Gasteiger partial charge >= 0.3 is 0 Å². The van der Waals surface area contributed by atoms with Gasteiger partial charge in [0.25, 0.3) is 0 Å². The van der Waals surface area contributed by atoms with E-state index in [1.807, 2.05) is 11.8 Å². The molecule has 0 fully saturated rings. The van der Waals surface area contributed by atoms with E-state index in [4.69, 9.17) is 0 Å². The normalized spacial score (nSPS) is 10.2. The smallest absolute Gasteiger partial charge is 0.0187 e. The molecule has 0 aliphatic heterocycles. The van der Waals surface area contributed by atoms with Crippen molar-refractivity contribution in [1.29, 1.82) is 0 Å². The molecule has 0 N–H and O–H groups in total. The highest BCUT2D eigenvalue weighted by molar-refractivity contribution is 7.97. The fourth-order valence-electron chi connectivity index (χ4n) is 1.70. The molecule has 0 aromatic heterocycles. The molecule has 0 aliphatic rings. The van der Waals surface area contributed by atoms with Crippen LogP contribution in [-0.2, 0) is 5.75 Å². The van der Waals surface area contributed by atoms with Gasteiger partial charge in [-0.2, -0.15) is 11.8 Å². The van der Waals surface area contributed by atoms with Crippen molar-refractivity contribution in [1.82, 2.24) is 0 Å². The van der Waals surface area contributed by atoms with Gasteiger partial charge in [0.2, 0.25) is 0 Å². The standard InChI is InChI=1S/C14H14S/c1-15-11-13-9-5-6-10-14(13)12-7-3-2-4-8-12/h2-10H,11H2,1H3. The monoisotopic (exact) mass is 214 g/mol. The van der Waals surface area contributed by atoms with Gasteiger partial charge in [-0.1, -0.05) is 54.6 Å². The molecule has 0 aliphatic carbocycles. The summed E-state index contributed by atoms with van der Waals surface area (Å²) >= 11 is 1.86. The van der Waals surface area contributed by atoms with Gasteiger partial charge in [-0.05, 0) is 22.9 Å². The zero-order chi connectivity index (χ0) is 10.5. The molecule has 2 aromatic rings. The highest BCUT2D eigenvalue weighted by atomic mass is 32.2. The van der Waals surface area contributed by atoms with Crippen LogP contribution < -0.4 is 0 Å². The lowest BCUT2D eigenvalue weighted by Gasteiger charge is -2.07. The summed E-state index contributed by atoms with van der Waals surface area (Å²) in [5.74, 6) is 1.07. The number of benzene rings is 2. The van der Waals surface area contributed by atoms with Gasteiger partial charge < -0.3 is 0 Å². The number of rotatable bonds is 3. The average Bonchev–Trinajstić information content (AvgIpc) is 2.31. The van der Waals surface area contributed by atoms with E-state index in [-0.39, 0.29) is 0 Å². The van der Waals surface area contributed by atoms with Crippen LogP contribution in [0.15, 0.2) is 54.6 Å². The van der Waals surface area contributed by atoms with E-state index in [0.29, 0.717) is 0 Å². The summed E-state index contributed by atoms with van der Waals surface area (Å²) in [6.07, 6.45) is 2.14. The molecular formula is C14H14S. The van der Waals surface area contributed by atoms with Crippen molar-refractivity contribution in [3.63, 3.8) is 0 Å². The van der Waals surface area contributed by atoms with Crippen LogP contribution in [0, 0.1) is 0 Å². The maximum absolute atomic E-state index is 2.21. The predicted molar refractivity (Wildman–Crippen MR) is 69.1 cm³/mol. The Morgan fingerprint density at radius 1 is 0.867 bits per heavy atom. The van der Waals surface area contributed by atoms with Crippen molar-refractivity contribution in [2.24, 2.45) is 0 Å². The molecule has 0 radical (unpaired) electrons. The summed E-state index contributed by atoms with van der Waals surface area (Å²) in [4.78, 5) is 0. The topological polar surface area (TPSA) is 0 Å². The molecule has 0 saturated heterocycles. The van der Waals surface area contributed by atoms with Gasteiger partial charge in [0.05, 0.1) is 0 Å². The van der Waals surface area contributed by atoms with Crippen LogP contribution in [0.25, 0.3) is 11.1 Å². The molecule has 0 atom stereocenters. The van der Waals surface area contributed by atoms with E-state index in [1.54, 1.807) is 0 Å². The first-order chi connectivity index (χ1) is 7.42. The molecule has 1 heteroatoms. The van der Waals surface area contributed by atoms with Gasteiger partial charge in [0, 0.05) is 5.75 Å². The van der Waals surface area contributed by atoms with E-state index >= 15 is 0 Å². The van der Waals surface area contributed by atoms with Crippen molar-refractivity contribution in [3.05, 3.63) is 60.2 Å². The first-order valence-electron chi connectivity index (χ1n) is 5.04. The summed E-state index contributed by atoms with van der Waals surface area (Å²) in [6, 6.07) is 19.2. The van der Waals surface area contributed by atoms with Crippen LogP contribution in [0.3, 0.4) is 0 Å². The second kappa shape index (κ2) is 5.04. The Morgan fingerprint density at radius 2 is 1.53 bits per heavy atom. The molecule has 76 valence electrons. The Balaban J connectivity index is 2.43. The molecular weight excluding hydrogens is 200 g/mol. The zero-order valence-electron chi connectivity index (χ0n) is 8.81. The lowest BCUT2D eigenvalue weighted by Crippen LogP contribution is -1.86. The van der Waals surface area contributed by atoms with Crippen LogP contribution >= 0.6 is 11.8 Å². The lowest BCUT2D eigenvalue weighted by molar-refractivity contribution is 1.41. The highest BCUT2D eigenvalue weighted by Gasteiger charge is 2.02. The van der Waals surface area contributed by atoms with Gasteiger partial charge in [-0.25, -0.2) is 0 Å². The maximum atomic E-state index is 2.21. The fraction of sp³-hybridized carbons (Fsp3) is 0.143. The largest absolute Gasteiger partial charge is 0.161 e. The third-order valence-corrected chi connectivity index (χ3v) is 3.00. The lowest BCUT2D eigenvalue weighted by atomic mass is 10.0. The Labute approximate surface area is 95.3 Å². The molecule has 0 unspecified atom stereocenters. The van der Waals surface area contributed by atoms with E-state index in [0.717, 1.165) is 5.75 Å². The van der Waals surface area contributed by atoms with E-state index < -0.39 is 0 Å². The quantitative estimate of drug-likeness (QED) is 0.737. The molecule has 2 aromatic carbocycles. The highest BCUT2D eigenvalue weighted by Crippen LogP contribution is 2.25. The third-order valence-electron chi connectivity index (χ3n) is 2.40. The minimum absolute atomic E-state index is 1.07. The molecule has 0 spiro atoms. The predicted octanol–water partition coefficient (Wildman–Crippen LogP) is 4.22. The minimum atomic E-state index is 1.07. The number of hydrogen-bond acceptors (Lipinski definition) is 1. The Hall–Kier alpha value is -1.21. The van der Waals surface area contributed by atoms with Gasteiger partial charge in [0.1, 0.15) is 0 Å². The van der Waals surface area contributed by atoms with Crippen LogP contribution in [0.1, 0.15) is 5.56 Å². The van der Waals surface area contributed by atoms with Gasteiger partial charge in [0.15, 0.2) is 0 Å². The van der Waals surface area contributed by atoms with Gasteiger partial charge in [-0.3, -0.25) is 0 Å². The van der Waals surface area contributed by atoms with Crippen molar-refractivity contribution < 1.29 is 0 Å². The molecule has 2 rings (SSSR count). The van der Waals surface area contributed by atoms with Crippen LogP contribution in [0.2, 0.25) is 0 Å². The maximum Gasteiger partial charge on any atom is 0.0187 e. The summed E-state index contributed by atoms with van der Waals surface area (Å²) in [7, 11) is 0. The second-order valence-corrected chi connectivity index (χ2v) is 4.32. The molecule has 0 nitrogen and oxygen atoms in total. The Bertz CT molecular complexity index is 420. The zero-order valence-corrected chi connectivity index (χ0v) is 9.63. The van der Waals surface area contributed by atoms with Gasteiger partial charge in [-0.15, -0.1) is 0 Å². The molecule has 0 heterocycles. The second-order valence-electron chi connectivity index (χ2n) is 3.46. The van der Waals surface area contributed by atoms with E-state index in [2.05, 4.69) is 60.9 Å². The minimum Gasteiger partial charge on any atom is -0.161 e.